The maximum Gasteiger partial charge on any atom is 0.325 e. The van der Waals surface area contributed by atoms with E-state index in [0.717, 1.165) is 0 Å². The smallest absolute Gasteiger partial charge is 0.325 e. The van der Waals surface area contributed by atoms with Crippen molar-refractivity contribution >= 4 is 11.9 Å². The largest absolute Gasteiger partial charge is 0.480 e. The summed E-state index contributed by atoms with van der Waals surface area (Å²) in [6.07, 6.45) is 0. The number of carbonyl (C=O) groups excluding carboxylic acids is 1. The third-order valence-corrected chi connectivity index (χ3v) is 1.26. The maximum absolute atomic E-state index is 10.8. The highest BCUT2D eigenvalue weighted by Crippen LogP contribution is 1.83. The number of hydrogen-bond donors (Lipinski definition) is 4. The molecule has 0 aromatic rings. The number of amides is 1. The maximum atomic E-state index is 10.8. The van der Waals surface area contributed by atoms with Crippen LogP contribution in [0, 0.1) is 0 Å². The molecule has 0 bridgehead atoms. The molecule has 0 aliphatic carbocycles. The number of aliphatic hydroxyl groups excluding tert-OH is 1. The quantitative estimate of drug-likeness (QED) is 0.392. The molecule has 1 unspecified atom stereocenters. The number of aliphatic hydroxyl groups is 1. The predicted molar refractivity (Wildman–Crippen MR) is 40.3 cm³/mol. The molecule has 0 aliphatic rings. The van der Waals surface area contributed by atoms with E-state index in [1.807, 2.05) is 0 Å². The van der Waals surface area contributed by atoms with Crippen LogP contribution in [0.5, 0.6) is 0 Å². The van der Waals surface area contributed by atoms with Gasteiger partial charge in [0, 0.05) is 0 Å². The van der Waals surface area contributed by atoms with Gasteiger partial charge in [0.15, 0.2) is 0 Å². The Kier molecular flexibility index (Phi) is 4.24. The summed E-state index contributed by atoms with van der Waals surface area (Å²) >= 11 is 0. The van der Waals surface area contributed by atoms with Crippen molar-refractivity contribution in [3.05, 3.63) is 0 Å². The van der Waals surface area contributed by atoms with Crippen LogP contribution < -0.4 is 11.1 Å². The zero-order chi connectivity index (χ0) is 9.72. The molecule has 0 saturated heterocycles. The fourth-order valence-electron chi connectivity index (χ4n) is 0.465. The van der Waals surface area contributed by atoms with Crippen molar-refractivity contribution in [2.45, 2.75) is 19.0 Å². The van der Waals surface area contributed by atoms with Gasteiger partial charge in [-0.1, -0.05) is 0 Å². The summed E-state index contributed by atoms with van der Waals surface area (Å²) in [7, 11) is 0. The number of hydrogen-bond acceptors (Lipinski definition) is 4. The molecule has 0 rings (SSSR count). The number of rotatable bonds is 4. The third-order valence-electron chi connectivity index (χ3n) is 1.26. The number of carboxylic acids is 1. The first kappa shape index (κ1) is 10.9. The van der Waals surface area contributed by atoms with E-state index in [1.165, 1.54) is 6.92 Å². The monoisotopic (exact) mass is 176 g/mol. The van der Waals surface area contributed by atoms with Crippen LogP contribution in [0.3, 0.4) is 0 Å². The Morgan fingerprint density at radius 2 is 2.08 bits per heavy atom. The van der Waals surface area contributed by atoms with Crippen molar-refractivity contribution in [2.75, 3.05) is 6.61 Å². The first-order chi connectivity index (χ1) is 5.49. The van der Waals surface area contributed by atoms with Crippen molar-refractivity contribution in [3.63, 3.8) is 0 Å². The Labute approximate surface area is 69.4 Å². The SMILES string of the molecule is CC(NC(=O)[C@@H](N)CO)C(=O)O. The Balaban J connectivity index is 3.92. The molecule has 12 heavy (non-hydrogen) atoms. The molecule has 0 radical (unpaired) electrons. The molecule has 0 spiro atoms. The Bertz CT molecular complexity index is 182. The third kappa shape index (κ3) is 3.31. The summed E-state index contributed by atoms with van der Waals surface area (Å²) in [5, 5.41) is 18.9. The summed E-state index contributed by atoms with van der Waals surface area (Å²) in [6, 6.07) is -2.05. The molecule has 0 aliphatic heterocycles. The average Bonchev–Trinajstić information content (AvgIpc) is 2.02. The Hall–Kier alpha value is -1.14. The second-order valence-corrected chi connectivity index (χ2v) is 2.36. The van der Waals surface area contributed by atoms with Gasteiger partial charge in [-0.2, -0.15) is 0 Å². The van der Waals surface area contributed by atoms with Gasteiger partial charge < -0.3 is 21.3 Å². The highest BCUT2D eigenvalue weighted by Gasteiger charge is 2.18. The number of nitrogens with one attached hydrogen (secondary N) is 1. The van der Waals surface area contributed by atoms with Gasteiger partial charge in [0.25, 0.3) is 0 Å². The molecule has 0 fully saturated rings. The minimum Gasteiger partial charge on any atom is -0.480 e. The number of carbonyl (C=O) groups is 2. The van der Waals surface area contributed by atoms with E-state index in [1.54, 1.807) is 0 Å². The van der Waals surface area contributed by atoms with E-state index in [-0.39, 0.29) is 0 Å². The Morgan fingerprint density at radius 3 is 2.42 bits per heavy atom. The van der Waals surface area contributed by atoms with Crippen LogP contribution in [0.25, 0.3) is 0 Å². The first-order valence-corrected chi connectivity index (χ1v) is 3.38. The summed E-state index contributed by atoms with van der Waals surface area (Å²) in [5.74, 6) is -1.82. The standard InChI is InChI=1S/C6H12N2O4/c1-3(6(11)12)8-5(10)4(7)2-9/h3-4,9H,2,7H2,1H3,(H,8,10)(H,11,12)/t3?,4-/m0/s1. The van der Waals surface area contributed by atoms with Crippen LogP contribution in [0.4, 0.5) is 0 Å². The van der Waals surface area contributed by atoms with Crippen LogP contribution in [0.2, 0.25) is 0 Å². The average molecular weight is 176 g/mol. The molecule has 6 heteroatoms. The molecular weight excluding hydrogens is 164 g/mol. The molecule has 70 valence electrons. The lowest BCUT2D eigenvalue weighted by Gasteiger charge is -2.12. The number of carboxylic acid groups (broad SMARTS) is 1. The molecule has 0 aromatic heterocycles. The molecular formula is C6H12N2O4. The molecule has 0 aromatic carbocycles. The van der Waals surface area contributed by atoms with Crippen molar-refractivity contribution in [1.82, 2.24) is 5.32 Å². The van der Waals surface area contributed by atoms with Crippen molar-refractivity contribution in [3.8, 4) is 0 Å². The number of nitrogens with two attached hydrogens (primary N) is 1. The van der Waals surface area contributed by atoms with Gasteiger partial charge in [0.1, 0.15) is 12.1 Å². The topological polar surface area (TPSA) is 113 Å². The summed E-state index contributed by atoms with van der Waals surface area (Å²) in [5.41, 5.74) is 5.11. The van der Waals surface area contributed by atoms with E-state index in [9.17, 15) is 9.59 Å². The predicted octanol–water partition coefficient (Wildman–Crippen LogP) is -2.10. The first-order valence-electron chi connectivity index (χ1n) is 3.38. The summed E-state index contributed by atoms with van der Waals surface area (Å²) in [6.45, 7) is 0.808. The zero-order valence-electron chi connectivity index (χ0n) is 6.65. The summed E-state index contributed by atoms with van der Waals surface area (Å²) in [4.78, 5) is 21.1. The zero-order valence-corrected chi connectivity index (χ0v) is 6.65. The highest BCUT2D eigenvalue weighted by atomic mass is 16.4. The lowest BCUT2D eigenvalue weighted by Crippen LogP contribution is -2.48. The lowest BCUT2D eigenvalue weighted by atomic mass is 10.2. The van der Waals surface area contributed by atoms with Crippen LogP contribution in [-0.4, -0.2) is 40.8 Å². The minimum atomic E-state index is -1.14. The molecule has 0 saturated carbocycles. The van der Waals surface area contributed by atoms with E-state index in [2.05, 4.69) is 5.32 Å². The molecule has 1 amide bonds. The van der Waals surface area contributed by atoms with Gasteiger partial charge in [-0.15, -0.1) is 0 Å². The van der Waals surface area contributed by atoms with E-state index in [4.69, 9.17) is 15.9 Å². The van der Waals surface area contributed by atoms with Gasteiger partial charge in [-0.25, -0.2) is 0 Å². The van der Waals surface area contributed by atoms with Crippen LogP contribution in [0.15, 0.2) is 0 Å². The van der Waals surface area contributed by atoms with E-state index >= 15 is 0 Å². The minimum absolute atomic E-state index is 0.502. The summed E-state index contributed by atoms with van der Waals surface area (Å²) < 4.78 is 0. The fourth-order valence-corrected chi connectivity index (χ4v) is 0.465. The van der Waals surface area contributed by atoms with Gasteiger partial charge in [-0.05, 0) is 6.92 Å². The molecule has 5 N–H and O–H groups in total. The van der Waals surface area contributed by atoms with Crippen LogP contribution >= 0.6 is 0 Å². The molecule has 6 nitrogen and oxygen atoms in total. The van der Waals surface area contributed by atoms with Crippen molar-refractivity contribution in [2.24, 2.45) is 5.73 Å². The van der Waals surface area contributed by atoms with Crippen molar-refractivity contribution in [1.29, 1.82) is 0 Å². The van der Waals surface area contributed by atoms with E-state index in [0.29, 0.717) is 0 Å². The second kappa shape index (κ2) is 4.68. The van der Waals surface area contributed by atoms with Crippen molar-refractivity contribution < 1.29 is 19.8 Å². The van der Waals surface area contributed by atoms with Crippen LogP contribution in [-0.2, 0) is 9.59 Å². The van der Waals surface area contributed by atoms with Gasteiger partial charge in [-0.3, -0.25) is 9.59 Å². The lowest BCUT2D eigenvalue weighted by molar-refractivity contribution is -0.141. The van der Waals surface area contributed by atoms with E-state index < -0.39 is 30.6 Å². The Morgan fingerprint density at radius 1 is 1.58 bits per heavy atom. The fraction of sp³-hybridized carbons (Fsp3) is 0.667. The molecule has 0 heterocycles. The van der Waals surface area contributed by atoms with Crippen LogP contribution in [0.1, 0.15) is 6.92 Å². The number of aliphatic carboxylic acids is 1. The van der Waals surface area contributed by atoms with Gasteiger partial charge in [0.2, 0.25) is 5.91 Å². The normalized spacial score (nSPS) is 14.9. The molecule has 2 atom stereocenters. The second-order valence-electron chi connectivity index (χ2n) is 2.36. The van der Waals surface area contributed by atoms with Gasteiger partial charge >= 0.3 is 5.97 Å². The highest BCUT2D eigenvalue weighted by molar-refractivity contribution is 5.86. The van der Waals surface area contributed by atoms with Gasteiger partial charge in [0.05, 0.1) is 6.61 Å².